The van der Waals surface area contributed by atoms with Gasteiger partial charge in [0.15, 0.2) is 5.69 Å². The minimum absolute atomic E-state index is 0.0250. The van der Waals surface area contributed by atoms with E-state index in [1.807, 2.05) is 38.9 Å². The minimum atomic E-state index is -0.647. The topological polar surface area (TPSA) is 102 Å². The summed E-state index contributed by atoms with van der Waals surface area (Å²) in [6, 6.07) is 3.56. The molecule has 0 amide bonds. The second-order valence-electron chi connectivity index (χ2n) is 6.03. The first kappa shape index (κ1) is 16.1. The van der Waals surface area contributed by atoms with Crippen molar-refractivity contribution < 1.29 is 5.21 Å². The number of tetrazole rings is 1. The van der Waals surface area contributed by atoms with Crippen molar-refractivity contribution in [1.29, 1.82) is 0 Å². The molecule has 2 aromatic heterocycles. The zero-order valence-corrected chi connectivity index (χ0v) is 14.1. The molecule has 1 N–H and O–H groups in total. The molecule has 0 bridgehead atoms. The Morgan fingerprint density at radius 1 is 1.21 bits per heavy atom. The van der Waals surface area contributed by atoms with Gasteiger partial charge in [-0.25, -0.2) is 9.67 Å². The molecule has 2 heterocycles. The van der Waals surface area contributed by atoms with E-state index < -0.39 is 5.56 Å². The van der Waals surface area contributed by atoms with Gasteiger partial charge in [-0.2, -0.15) is 0 Å². The number of likely N-dealkylation sites (N-methyl/N-ethyl adjacent to an activating group) is 1. The molecule has 1 aromatic carbocycles. The van der Waals surface area contributed by atoms with E-state index in [-0.39, 0.29) is 11.5 Å². The molecule has 0 aliphatic heterocycles. The van der Waals surface area contributed by atoms with Crippen LogP contribution in [0.4, 0.5) is 0 Å². The summed E-state index contributed by atoms with van der Waals surface area (Å²) >= 11 is 0. The van der Waals surface area contributed by atoms with Crippen molar-refractivity contribution in [1.82, 2.24) is 34.8 Å². The molecule has 3 rings (SSSR count). The van der Waals surface area contributed by atoms with Crippen molar-refractivity contribution in [3.63, 3.8) is 0 Å². The van der Waals surface area contributed by atoms with Gasteiger partial charge in [-0.1, -0.05) is 0 Å². The lowest BCUT2D eigenvalue weighted by Crippen LogP contribution is -2.25. The Morgan fingerprint density at radius 2 is 1.92 bits per heavy atom. The first-order chi connectivity index (χ1) is 11.4. The van der Waals surface area contributed by atoms with Gasteiger partial charge in [0.1, 0.15) is 5.52 Å². The van der Waals surface area contributed by atoms with Crippen molar-refractivity contribution >= 4 is 11.0 Å². The van der Waals surface area contributed by atoms with Crippen LogP contribution >= 0.6 is 0 Å². The average molecular weight is 329 g/mol. The summed E-state index contributed by atoms with van der Waals surface area (Å²) in [5.41, 5.74) is 2.24. The SMILES string of the molecule is Cc1cc2nc(-c3nnnn3CCN(C)C)c(=O)n(O)c2cc1C. The molecule has 126 valence electrons. The number of rotatable bonds is 4. The smallest absolute Gasteiger partial charge is 0.313 e. The Morgan fingerprint density at radius 3 is 2.62 bits per heavy atom. The van der Waals surface area contributed by atoms with Crippen LogP contribution in [0.5, 0.6) is 0 Å². The third-order valence-electron chi connectivity index (χ3n) is 3.95. The summed E-state index contributed by atoms with van der Waals surface area (Å²) in [5.74, 6) is 0.241. The fourth-order valence-electron chi connectivity index (χ4n) is 2.39. The predicted octanol–water partition coefficient (Wildman–Crippen LogP) is 0.466. The predicted molar refractivity (Wildman–Crippen MR) is 88.0 cm³/mol. The third-order valence-corrected chi connectivity index (χ3v) is 3.95. The number of benzene rings is 1. The van der Waals surface area contributed by atoms with Crippen LogP contribution in [0, 0.1) is 13.8 Å². The van der Waals surface area contributed by atoms with Crippen LogP contribution in [0.25, 0.3) is 22.6 Å². The Bertz CT molecular complexity index is 958. The van der Waals surface area contributed by atoms with Crippen molar-refractivity contribution in [3.8, 4) is 11.5 Å². The maximum Gasteiger partial charge on any atom is 0.313 e. The van der Waals surface area contributed by atoms with E-state index in [4.69, 9.17) is 0 Å². The normalized spacial score (nSPS) is 11.5. The van der Waals surface area contributed by atoms with E-state index in [0.717, 1.165) is 11.1 Å². The molecule has 9 nitrogen and oxygen atoms in total. The quantitative estimate of drug-likeness (QED) is 0.694. The molecule has 0 radical (unpaired) electrons. The molecule has 0 saturated carbocycles. The number of hydrogen-bond donors (Lipinski definition) is 1. The summed E-state index contributed by atoms with van der Waals surface area (Å²) in [5, 5.41) is 21.7. The maximum atomic E-state index is 12.5. The molecule has 0 aliphatic rings. The second kappa shape index (κ2) is 6.00. The Labute approximate surface area is 138 Å². The highest BCUT2D eigenvalue weighted by Gasteiger charge is 2.19. The summed E-state index contributed by atoms with van der Waals surface area (Å²) in [7, 11) is 3.87. The second-order valence-corrected chi connectivity index (χ2v) is 6.03. The van der Waals surface area contributed by atoms with E-state index in [1.165, 1.54) is 4.68 Å². The first-order valence-electron chi connectivity index (χ1n) is 7.53. The van der Waals surface area contributed by atoms with Crippen LogP contribution in [0.2, 0.25) is 0 Å². The number of aryl methyl sites for hydroxylation is 2. The Balaban J connectivity index is 2.17. The van der Waals surface area contributed by atoms with Gasteiger partial charge >= 0.3 is 5.56 Å². The van der Waals surface area contributed by atoms with Gasteiger partial charge in [-0.05, 0) is 61.6 Å². The standard InChI is InChI=1S/C15H19N7O2/c1-9-7-11-12(8-10(9)2)22(24)15(23)13(16-11)14-17-18-19-21(14)6-5-20(3)4/h7-8,24H,5-6H2,1-4H3. The lowest BCUT2D eigenvalue weighted by Gasteiger charge is -2.11. The van der Waals surface area contributed by atoms with Gasteiger partial charge in [0.2, 0.25) is 5.82 Å². The monoisotopic (exact) mass is 329 g/mol. The van der Waals surface area contributed by atoms with Crippen LogP contribution in [0.3, 0.4) is 0 Å². The van der Waals surface area contributed by atoms with Crippen LogP contribution in [0.1, 0.15) is 11.1 Å². The maximum absolute atomic E-state index is 12.5. The molecular formula is C15H19N7O2. The average Bonchev–Trinajstić information content (AvgIpc) is 2.99. The molecular weight excluding hydrogens is 310 g/mol. The van der Waals surface area contributed by atoms with Crippen LogP contribution < -0.4 is 5.56 Å². The lowest BCUT2D eigenvalue weighted by atomic mass is 10.1. The molecule has 0 atom stereocenters. The molecule has 0 unspecified atom stereocenters. The number of aromatic nitrogens is 6. The first-order valence-corrected chi connectivity index (χ1v) is 7.53. The number of fused-ring (bicyclic) bond motifs is 1. The summed E-state index contributed by atoms with van der Waals surface area (Å²) in [4.78, 5) is 18.9. The van der Waals surface area contributed by atoms with Crippen LogP contribution in [0.15, 0.2) is 16.9 Å². The Kier molecular flexibility index (Phi) is 4.02. The summed E-state index contributed by atoms with van der Waals surface area (Å²) < 4.78 is 2.12. The zero-order valence-electron chi connectivity index (χ0n) is 14.1. The third kappa shape index (κ3) is 2.73. The van der Waals surface area contributed by atoms with E-state index in [9.17, 15) is 10.0 Å². The fourth-order valence-corrected chi connectivity index (χ4v) is 2.39. The van der Waals surface area contributed by atoms with E-state index in [2.05, 4.69) is 20.5 Å². The van der Waals surface area contributed by atoms with E-state index in [0.29, 0.717) is 28.9 Å². The zero-order chi connectivity index (χ0) is 17.4. The molecule has 3 aromatic rings. The van der Waals surface area contributed by atoms with Gasteiger partial charge in [0.25, 0.3) is 0 Å². The lowest BCUT2D eigenvalue weighted by molar-refractivity contribution is 0.188. The van der Waals surface area contributed by atoms with Gasteiger partial charge in [-0.3, -0.25) is 4.79 Å². The number of nitrogens with zero attached hydrogens (tertiary/aromatic N) is 7. The fraction of sp³-hybridized carbons (Fsp3) is 0.400. The molecule has 0 saturated heterocycles. The highest BCUT2D eigenvalue weighted by atomic mass is 16.5. The summed E-state index contributed by atoms with van der Waals surface area (Å²) in [6.07, 6.45) is 0. The van der Waals surface area contributed by atoms with Gasteiger partial charge < -0.3 is 10.1 Å². The van der Waals surface area contributed by atoms with E-state index in [1.54, 1.807) is 6.07 Å². The van der Waals surface area contributed by atoms with Gasteiger partial charge in [0.05, 0.1) is 12.1 Å². The van der Waals surface area contributed by atoms with Crippen LogP contribution in [-0.4, -0.2) is 60.7 Å². The Hall–Kier alpha value is -2.81. The largest absolute Gasteiger partial charge is 0.425 e. The summed E-state index contributed by atoms with van der Waals surface area (Å²) in [6.45, 7) is 5.07. The molecule has 0 aliphatic carbocycles. The minimum Gasteiger partial charge on any atom is -0.425 e. The molecule has 0 fully saturated rings. The van der Waals surface area contributed by atoms with Crippen LogP contribution in [-0.2, 0) is 6.54 Å². The van der Waals surface area contributed by atoms with Crippen molar-refractivity contribution in [2.24, 2.45) is 0 Å². The number of hydrogen-bond acceptors (Lipinski definition) is 7. The van der Waals surface area contributed by atoms with Crippen molar-refractivity contribution in [2.75, 3.05) is 20.6 Å². The van der Waals surface area contributed by atoms with Gasteiger partial charge in [0, 0.05) is 6.54 Å². The highest BCUT2D eigenvalue weighted by molar-refractivity contribution is 5.78. The molecule has 0 spiro atoms. The molecule has 9 heteroatoms. The highest BCUT2D eigenvalue weighted by Crippen LogP contribution is 2.18. The van der Waals surface area contributed by atoms with Crippen molar-refractivity contribution in [2.45, 2.75) is 20.4 Å². The van der Waals surface area contributed by atoms with E-state index >= 15 is 0 Å². The van der Waals surface area contributed by atoms with Crippen molar-refractivity contribution in [3.05, 3.63) is 33.6 Å². The molecule has 24 heavy (non-hydrogen) atoms. The van der Waals surface area contributed by atoms with Gasteiger partial charge in [-0.15, -0.1) is 9.83 Å².